The molecule has 0 radical (unpaired) electrons. The Morgan fingerprint density at radius 3 is 2.65 bits per heavy atom. The molecule has 1 aromatic heterocycles. The van der Waals surface area contributed by atoms with Crippen LogP contribution in [-0.2, 0) is 11.3 Å². The number of aromatic carboxylic acids is 1. The van der Waals surface area contributed by atoms with Crippen molar-refractivity contribution in [3.05, 3.63) is 54.0 Å². The van der Waals surface area contributed by atoms with Gasteiger partial charge in [-0.15, -0.1) is 0 Å². The van der Waals surface area contributed by atoms with E-state index in [4.69, 9.17) is 9.84 Å². The SMILES string of the molecule is O=C(Nc1cc(C(=O)O)ncn1)OCc1ccccc1. The molecule has 102 valence electrons. The van der Waals surface area contributed by atoms with E-state index in [1.165, 1.54) is 0 Å². The first kappa shape index (κ1) is 13.5. The van der Waals surface area contributed by atoms with Gasteiger partial charge in [0, 0.05) is 6.07 Å². The number of anilines is 1. The highest BCUT2D eigenvalue weighted by molar-refractivity contribution is 5.88. The fourth-order valence-corrected chi connectivity index (χ4v) is 1.41. The van der Waals surface area contributed by atoms with E-state index in [0.29, 0.717) is 0 Å². The van der Waals surface area contributed by atoms with E-state index in [1.807, 2.05) is 30.3 Å². The van der Waals surface area contributed by atoms with Crippen LogP contribution in [0.5, 0.6) is 0 Å². The van der Waals surface area contributed by atoms with Crippen molar-refractivity contribution < 1.29 is 19.4 Å². The van der Waals surface area contributed by atoms with Gasteiger partial charge in [0.25, 0.3) is 0 Å². The standard InChI is InChI=1S/C13H11N3O4/c17-12(18)10-6-11(15-8-14-10)16-13(19)20-7-9-4-2-1-3-5-9/h1-6,8H,7H2,(H,17,18)(H,14,15,16,19). The van der Waals surface area contributed by atoms with E-state index in [0.717, 1.165) is 18.0 Å². The summed E-state index contributed by atoms with van der Waals surface area (Å²) >= 11 is 0. The third-order valence-corrected chi connectivity index (χ3v) is 2.33. The van der Waals surface area contributed by atoms with Gasteiger partial charge in [0.1, 0.15) is 18.8 Å². The van der Waals surface area contributed by atoms with Crippen molar-refractivity contribution in [2.45, 2.75) is 6.61 Å². The number of hydrogen-bond donors (Lipinski definition) is 2. The van der Waals surface area contributed by atoms with Gasteiger partial charge in [-0.25, -0.2) is 19.6 Å². The summed E-state index contributed by atoms with van der Waals surface area (Å²) < 4.78 is 4.97. The quantitative estimate of drug-likeness (QED) is 0.882. The molecule has 0 atom stereocenters. The number of rotatable bonds is 4. The molecule has 7 heteroatoms. The van der Waals surface area contributed by atoms with Gasteiger partial charge in [-0.05, 0) is 5.56 Å². The normalized spacial score (nSPS) is 9.80. The Kier molecular flexibility index (Phi) is 4.23. The highest BCUT2D eigenvalue weighted by Crippen LogP contribution is 2.06. The molecule has 0 bridgehead atoms. The van der Waals surface area contributed by atoms with Crippen molar-refractivity contribution in [1.82, 2.24) is 9.97 Å². The number of amides is 1. The molecular formula is C13H11N3O4. The minimum atomic E-state index is -1.20. The van der Waals surface area contributed by atoms with Gasteiger partial charge in [0.05, 0.1) is 0 Å². The Balaban J connectivity index is 1.91. The lowest BCUT2D eigenvalue weighted by atomic mass is 10.2. The predicted octanol–water partition coefficient (Wildman–Crippen LogP) is 1.92. The lowest BCUT2D eigenvalue weighted by molar-refractivity contribution is 0.0690. The van der Waals surface area contributed by atoms with Crippen LogP contribution in [0.4, 0.5) is 10.6 Å². The van der Waals surface area contributed by atoms with Crippen molar-refractivity contribution >= 4 is 17.9 Å². The summed E-state index contributed by atoms with van der Waals surface area (Å²) in [7, 11) is 0. The van der Waals surface area contributed by atoms with E-state index in [2.05, 4.69) is 15.3 Å². The fraction of sp³-hybridized carbons (Fsp3) is 0.0769. The summed E-state index contributed by atoms with van der Waals surface area (Å²) in [6, 6.07) is 10.3. The van der Waals surface area contributed by atoms with E-state index >= 15 is 0 Å². The Morgan fingerprint density at radius 1 is 1.20 bits per heavy atom. The first-order valence-electron chi connectivity index (χ1n) is 5.68. The predicted molar refractivity (Wildman–Crippen MR) is 69.2 cm³/mol. The third-order valence-electron chi connectivity index (χ3n) is 2.33. The Bertz CT molecular complexity index is 616. The zero-order valence-electron chi connectivity index (χ0n) is 10.3. The zero-order valence-corrected chi connectivity index (χ0v) is 10.3. The van der Waals surface area contributed by atoms with Crippen molar-refractivity contribution in [2.75, 3.05) is 5.32 Å². The Labute approximate surface area is 114 Å². The van der Waals surface area contributed by atoms with Crippen molar-refractivity contribution in [1.29, 1.82) is 0 Å². The molecule has 2 rings (SSSR count). The molecule has 0 saturated carbocycles. The van der Waals surface area contributed by atoms with Gasteiger partial charge < -0.3 is 9.84 Å². The molecule has 0 unspecified atom stereocenters. The van der Waals surface area contributed by atoms with E-state index in [-0.39, 0.29) is 18.1 Å². The number of nitrogens with one attached hydrogen (secondary N) is 1. The molecule has 2 N–H and O–H groups in total. The molecule has 20 heavy (non-hydrogen) atoms. The molecule has 0 aliphatic carbocycles. The summed E-state index contributed by atoms with van der Waals surface area (Å²) in [4.78, 5) is 29.5. The van der Waals surface area contributed by atoms with Gasteiger partial charge in [-0.3, -0.25) is 5.32 Å². The molecular weight excluding hydrogens is 262 g/mol. The van der Waals surface area contributed by atoms with Crippen molar-refractivity contribution in [3.63, 3.8) is 0 Å². The molecule has 1 aromatic carbocycles. The van der Waals surface area contributed by atoms with Crippen molar-refractivity contribution in [2.24, 2.45) is 0 Å². The summed E-state index contributed by atoms with van der Waals surface area (Å²) in [5.41, 5.74) is 0.634. The number of carboxylic acids is 1. The van der Waals surface area contributed by atoms with Crippen LogP contribution in [0.25, 0.3) is 0 Å². The lowest BCUT2D eigenvalue weighted by Gasteiger charge is -2.06. The second-order valence-electron chi connectivity index (χ2n) is 3.78. The van der Waals surface area contributed by atoms with Gasteiger partial charge >= 0.3 is 12.1 Å². The van der Waals surface area contributed by atoms with Crippen LogP contribution in [-0.4, -0.2) is 27.1 Å². The molecule has 0 spiro atoms. The Hall–Kier alpha value is -2.96. The molecule has 7 nitrogen and oxygen atoms in total. The van der Waals surface area contributed by atoms with Gasteiger partial charge in [0.15, 0.2) is 5.69 Å². The minimum absolute atomic E-state index is 0.0652. The molecule has 1 heterocycles. The van der Waals surface area contributed by atoms with Crippen LogP contribution in [0.2, 0.25) is 0 Å². The number of ether oxygens (including phenoxy) is 1. The van der Waals surface area contributed by atoms with Gasteiger partial charge in [0.2, 0.25) is 0 Å². The maximum atomic E-state index is 11.5. The number of aromatic nitrogens is 2. The Morgan fingerprint density at radius 2 is 1.95 bits per heavy atom. The number of benzene rings is 1. The van der Waals surface area contributed by atoms with E-state index in [9.17, 15) is 9.59 Å². The topological polar surface area (TPSA) is 101 Å². The second-order valence-corrected chi connectivity index (χ2v) is 3.78. The number of carbonyl (C=O) groups excluding carboxylic acids is 1. The number of hydrogen-bond acceptors (Lipinski definition) is 5. The smallest absolute Gasteiger partial charge is 0.413 e. The molecule has 0 saturated heterocycles. The first-order chi connectivity index (χ1) is 9.65. The highest BCUT2D eigenvalue weighted by atomic mass is 16.5. The molecule has 2 aromatic rings. The summed E-state index contributed by atoms with van der Waals surface area (Å²) in [5, 5.41) is 11.1. The third kappa shape index (κ3) is 3.77. The largest absolute Gasteiger partial charge is 0.477 e. The van der Waals surface area contributed by atoms with E-state index in [1.54, 1.807) is 0 Å². The van der Waals surface area contributed by atoms with Crippen molar-refractivity contribution in [3.8, 4) is 0 Å². The van der Waals surface area contributed by atoms with E-state index < -0.39 is 12.1 Å². The maximum absolute atomic E-state index is 11.5. The van der Waals surface area contributed by atoms with Gasteiger partial charge in [-0.1, -0.05) is 30.3 Å². The molecule has 0 fully saturated rings. The van der Waals surface area contributed by atoms with Crippen LogP contribution in [0.1, 0.15) is 16.1 Å². The van der Waals surface area contributed by atoms with Crippen LogP contribution < -0.4 is 5.32 Å². The fourth-order valence-electron chi connectivity index (χ4n) is 1.41. The molecule has 0 aliphatic heterocycles. The summed E-state index contributed by atoms with van der Waals surface area (Å²) in [6.45, 7) is 0.115. The average molecular weight is 273 g/mol. The molecule has 1 amide bonds. The van der Waals surface area contributed by atoms with Crippen LogP contribution >= 0.6 is 0 Å². The van der Waals surface area contributed by atoms with Crippen LogP contribution in [0.3, 0.4) is 0 Å². The van der Waals surface area contributed by atoms with Gasteiger partial charge in [-0.2, -0.15) is 0 Å². The number of carboxylic acid groups (broad SMARTS) is 1. The second kappa shape index (κ2) is 6.28. The first-order valence-corrected chi connectivity index (χ1v) is 5.68. The minimum Gasteiger partial charge on any atom is -0.477 e. The number of carbonyl (C=O) groups is 2. The zero-order chi connectivity index (χ0) is 14.4. The average Bonchev–Trinajstić information content (AvgIpc) is 2.46. The molecule has 0 aliphatic rings. The van der Waals surface area contributed by atoms with Crippen LogP contribution in [0.15, 0.2) is 42.7 Å². The highest BCUT2D eigenvalue weighted by Gasteiger charge is 2.09. The lowest BCUT2D eigenvalue weighted by Crippen LogP contribution is -2.15. The monoisotopic (exact) mass is 273 g/mol. The number of nitrogens with zero attached hydrogens (tertiary/aromatic N) is 2. The summed E-state index contributed by atoms with van der Waals surface area (Å²) in [6.07, 6.45) is 0.333. The summed E-state index contributed by atoms with van der Waals surface area (Å²) in [5.74, 6) is -1.14. The van der Waals surface area contributed by atoms with Crippen LogP contribution in [0, 0.1) is 0 Å². The maximum Gasteiger partial charge on any atom is 0.413 e.